The van der Waals surface area contributed by atoms with Crippen molar-refractivity contribution in [2.75, 3.05) is 14.2 Å². The molecule has 6 aromatic carbocycles. The number of fused-ring (bicyclic) bond motifs is 1. The smallest absolute Gasteiger partial charge is 0.744 e. The fourth-order valence-electron chi connectivity index (χ4n) is 5.02. The van der Waals surface area contributed by atoms with Crippen molar-refractivity contribution in [3.8, 4) is 45.6 Å². The zero-order valence-electron chi connectivity index (χ0n) is 28.2. The molecule has 0 saturated heterocycles. The van der Waals surface area contributed by atoms with Gasteiger partial charge in [0.15, 0.2) is 0 Å². The van der Waals surface area contributed by atoms with Gasteiger partial charge >= 0.3 is 29.6 Å². The average molecular weight is 743 g/mol. The molecule has 0 unspecified atom stereocenters. The fraction of sp³-hybridized carbons (Fsp3) is 0.0556. The van der Waals surface area contributed by atoms with E-state index >= 15 is 0 Å². The van der Waals surface area contributed by atoms with E-state index < -0.39 is 15.0 Å². The summed E-state index contributed by atoms with van der Waals surface area (Å²) in [5.74, 6) is -0.0354. The number of ether oxygens (including phenoxy) is 2. The number of azo groups is 3. The monoisotopic (exact) mass is 742 g/mol. The molecule has 6 aromatic rings. The summed E-state index contributed by atoms with van der Waals surface area (Å²) in [4.78, 5) is -0.486. The van der Waals surface area contributed by atoms with E-state index in [2.05, 4.69) is 30.7 Å². The van der Waals surface area contributed by atoms with Gasteiger partial charge in [0.1, 0.15) is 67.4 Å². The van der Waals surface area contributed by atoms with Gasteiger partial charge in [-0.15, -0.1) is 30.7 Å². The first kappa shape index (κ1) is 38.3. The van der Waals surface area contributed by atoms with Crippen LogP contribution in [0.5, 0.6) is 34.5 Å². The molecular formula is C36H27N6NaO9S. The van der Waals surface area contributed by atoms with Gasteiger partial charge in [-0.05, 0) is 83.9 Å². The number of phenolic OH excluding ortho intramolecular Hbond substituents is 4. The van der Waals surface area contributed by atoms with Gasteiger partial charge in [0.05, 0.1) is 30.5 Å². The van der Waals surface area contributed by atoms with Crippen LogP contribution in [0.3, 0.4) is 0 Å². The third-order valence-corrected chi connectivity index (χ3v) is 8.47. The third kappa shape index (κ3) is 8.77. The first-order valence-corrected chi connectivity index (χ1v) is 16.5. The van der Waals surface area contributed by atoms with Gasteiger partial charge in [0, 0.05) is 22.9 Å². The molecule has 0 aliphatic rings. The van der Waals surface area contributed by atoms with Crippen molar-refractivity contribution in [1.82, 2.24) is 0 Å². The molecule has 0 saturated carbocycles. The first-order chi connectivity index (χ1) is 24.9. The molecule has 0 atom stereocenters. The first-order valence-electron chi connectivity index (χ1n) is 15.1. The normalized spacial score (nSPS) is 11.8. The van der Waals surface area contributed by atoms with Crippen molar-refractivity contribution < 1.29 is 72.4 Å². The van der Waals surface area contributed by atoms with Crippen molar-refractivity contribution in [2.24, 2.45) is 30.7 Å². The number of nitrogens with zero attached hydrogens (tertiary/aromatic N) is 6. The second-order valence-electron chi connectivity index (χ2n) is 11.0. The zero-order chi connectivity index (χ0) is 37.0. The SMILES string of the molecule is COc1cc(-c2ccc(N=Nc3ccc(N=Nc4ccc(O)cc4O)c4cc(S(=O)(=O)[O-])ccc34)c(OC)c2)ccc1N=Nc1ccc(O)cc1O.[Na+]. The minimum Gasteiger partial charge on any atom is -0.744 e. The number of methoxy groups -OCH3 is 2. The molecule has 0 bridgehead atoms. The Labute approximate surface area is 324 Å². The Morgan fingerprint density at radius 2 is 0.887 bits per heavy atom. The summed E-state index contributed by atoms with van der Waals surface area (Å²) in [6.07, 6.45) is 0. The van der Waals surface area contributed by atoms with Crippen molar-refractivity contribution >= 4 is 55.0 Å². The number of phenols is 4. The largest absolute Gasteiger partial charge is 1.00 e. The van der Waals surface area contributed by atoms with Crippen molar-refractivity contribution in [3.63, 3.8) is 0 Å². The Kier molecular flexibility index (Phi) is 11.7. The van der Waals surface area contributed by atoms with Gasteiger partial charge in [-0.25, -0.2) is 8.42 Å². The molecular weight excluding hydrogens is 715 g/mol. The second kappa shape index (κ2) is 16.2. The van der Waals surface area contributed by atoms with Gasteiger partial charge in [0.2, 0.25) is 0 Å². The van der Waals surface area contributed by atoms with Crippen LogP contribution in [0.4, 0.5) is 34.1 Å². The van der Waals surface area contributed by atoms with E-state index in [4.69, 9.17) is 9.47 Å². The maximum Gasteiger partial charge on any atom is 1.00 e. The molecule has 15 nitrogen and oxygen atoms in total. The van der Waals surface area contributed by atoms with Crippen LogP contribution in [0, 0.1) is 0 Å². The molecule has 0 amide bonds. The van der Waals surface area contributed by atoms with E-state index in [-0.39, 0.29) is 75.0 Å². The Hall–Kier alpha value is -5.91. The second-order valence-corrected chi connectivity index (χ2v) is 12.4. The van der Waals surface area contributed by atoms with Crippen LogP contribution in [0.25, 0.3) is 21.9 Å². The van der Waals surface area contributed by atoms with E-state index in [9.17, 15) is 33.4 Å². The molecule has 0 aliphatic heterocycles. The number of aromatic hydroxyl groups is 4. The predicted molar refractivity (Wildman–Crippen MR) is 189 cm³/mol. The van der Waals surface area contributed by atoms with Gasteiger partial charge in [-0.2, -0.15) is 0 Å². The maximum absolute atomic E-state index is 11.8. The Morgan fingerprint density at radius 1 is 0.491 bits per heavy atom. The average Bonchev–Trinajstić information content (AvgIpc) is 3.12. The Balaban J connectivity index is 0.00000541. The van der Waals surface area contributed by atoms with Crippen molar-refractivity contribution in [2.45, 2.75) is 4.90 Å². The third-order valence-electron chi connectivity index (χ3n) is 7.64. The molecule has 6 rings (SSSR count). The summed E-state index contributed by atoms with van der Waals surface area (Å²) in [5.41, 5.74) is 2.98. The van der Waals surface area contributed by atoms with Gasteiger partial charge in [-0.3, -0.25) is 0 Å². The summed E-state index contributed by atoms with van der Waals surface area (Å²) >= 11 is 0. The van der Waals surface area contributed by atoms with Crippen LogP contribution in [0.15, 0.2) is 139 Å². The molecule has 53 heavy (non-hydrogen) atoms. The number of hydrogen-bond donors (Lipinski definition) is 4. The molecule has 262 valence electrons. The minimum absolute atomic E-state index is 0. The summed E-state index contributed by atoms with van der Waals surface area (Å²) in [5, 5.41) is 64.9. The quantitative estimate of drug-likeness (QED) is 0.0681. The molecule has 4 N–H and O–H groups in total. The fourth-order valence-corrected chi connectivity index (χ4v) is 5.52. The van der Waals surface area contributed by atoms with Gasteiger partial charge < -0.3 is 34.5 Å². The Morgan fingerprint density at radius 3 is 1.32 bits per heavy atom. The molecule has 0 radical (unpaired) electrons. The van der Waals surface area contributed by atoms with Crippen LogP contribution in [0.2, 0.25) is 0 Å². The number of rotatable bonds is 10. The van der Waals surface area contributed by atoms with Crippen LogP contribution < -0.4 is 39.0 Å². The Bertz CT molecular complexity index is 2550. The standard InChI is InChI=1S/C36H28N6O9S.Na/c1-50-35-15-20(21-4-10-32(36(16-21)51-2)42-40-30-12-6-23(44)18-34(30)46)3-9-31(35)41-37-27-13-14-28(38-39-29-11-5-22(43)17-33(29)45)26-19-24(52(47,48)49)7-8-25(26)27;/h3-19,43-46H,1-2H3,(H,47,48,49);/q;+1/p-1. The van der Waals surface area contributed by atoms with Crippen LogP contribution in [-0.2, 0) is 10.1 Å². The van der Waals surface area contributed by atoms with E-state index in [1.165, 1.54) is 50.6 Å². The molecule has 0 spiro atoms. The van der Waals surface area contributed by atoms with Crippen molar-refractivity contribution in [3.05, 3.63) is 103 Å². The van der Waals surface area contributed by atoms with E-state index in [0.29, 0.717) is 33.9 Å². The van der Waals surface area contributed by atoms with E-state index in [1.807, 2.05) is 0 Å². The zero-order valence-corrected chi connectivity index (χ0v) is 31.1. The van der Waals surface area contributed by atoms with Crippen LogP contribution >= 0.6 is 0 Å². The summed E-state index contributed by atoms with van der Waals surface area (Å²) in [6, 6.07) is 25.0. The van der Waals surface area contributed by atoms with Crippen molar-refractivity contribution in [1.29, 1.82) is 0 Å². The molecule has 0 heterocycles. The summed E-state index contributed by atoms with van der Waals surface area (Å²) < 4.78 is 46.7. The minimum atomic E-state index is -4.81. The van der Waals surface area contributed by atoms with E-state index in [0.717, 1.165) is 35.4 Å². The maximum atomic E-state index is 11.8. The van der Waals surface area contributed by atoms with Crippen LogP contribution in [0.1, 0.15) is 0 Å². The van der Waals surface area contributed by atoms with E-state index in [1.54, 1.807) is 42.5 Å². The molecule has 0 aromatic heterocycles. The molecule has 0 fully saturated rings. The number of benzene rings is 6. The summed E-state index contributed by atoms with van der Waals surface area (Å²) in [7, 11) is -1.85. The van der Waals surface area contributed by atoms with Crippen LogP contribution in [-0.4, -0.2) is 47.6 Å². The molecule has 17 heteroatoms. The topological polar surface area (TPSA) is 231 Å². The number of hydrogen-bond acceptors (Lipinski definition) is 15. The predicted octanol–water partition coefficient (Wildman–Crippen LogP) is 6.50. The van der Waals surface area contributed by atoms with Gasteiger partial charge in [0.25, 0.3) is 0 Å². The summed E-state index contributed by atoms with van der Waals surface area (Å²) in [6.45, 7) is 0. The van der Waals surface area contributed by atoms with Gasteiger partial charge in [-0.1, -0.05) is 18.2 Å². The molecule has 0 aliphatic carbocycles.